The molecule has 6 bridgehead atoms. The van der Waals surface area contributed by atoms with Crippen LogP contribution in [0.5, 0.6) is 0 Å². The summed E-state index contributed by atoms with van der Waals surface area (Å²) in [5.74, 6) is 0. The Morgan fingerprint density at radius 3 is 1.36 bits per heavy atom. The van der Waals surface area contributed by atoms with E-state index in [-0.39, 0.29) is 12.1 Å². The normalized spacial score (nSPS) is 19.5. The van der Waals surface area contributed by atoms with Gasteiger partial charge >= 0.3 is 0 Å². The van der Waals surface area contributed by atoms with Crippen LogP contribution in [-0.4, -0.2) is 34.5 Å². The van der Waals surface area contributed by atoms with Crippen LogP contribution in [0.2, 0.25) is 0 Å². The molecule has 228 valence electrons. The molecular formula is C40H42N4S. The molecule has 0 spiro atoms. The first-order valence-electron chi connectivity index (χ1n) is 16.2. The highest BCUT2D eigenvalue weighted by molar-refractivity contribution is 7.08. The number of hydrogen-bond donors (Lipinski definition) is 2. The summed E-state index contributed by atoms with van der Waals surface area (Å²) < 4.78 is 2.49. The van der Waals surface area contributed by atoms with E-state index in [4.69, 9.17) is 9.98 Å². The second-order valence-corrected chi connectivity index (χ2v) is 14.2. The Morgan fingerprint density at radius 1 is 0.556 bits per heavy atom. The minimum atomic E-state index is 0.191. The van der Waals surface area contributed by atoms with Gasteiger partial charge in [-0.15, -0.1) is 11.3 Å². The van der Waals surface area contributed by atoms with Crippen molar-refractivity contribution in [1.82, 2.24) is 9.97 Å². The lowest BCUT2D eigenvalue weighted by Gasteiger charge is -2.25. The number of aromatic nitrogens is 2. The maximum atomic E-state index is 5.10. The third-order valence-corrected chi connectivity index (χ3v) is 10.5. The van der Waals surface area contributed by atoms with Crippen LogP contribution in [0.4, 0.5) is 0 Å². The Morgan fingerprint density at radius 2 is 0.956 bits per heavy atom. The molecular weight excluding hydrogens is 569 g/mol. The summed E-state index contributed by atoms with van der Waals surface area (Å²) in [5, 5.41) is 0. The van der Waals surface area contributed by atoms with Gasteiger partial charge in [0.1, 0.15) is 0 Å². The molecule has 1 fully saturated rings. The Kier molecular flexibility index (Phi) is 7.83. The largest absolute Gasteiger partial charge is 0.354 e. The highest BCUT2D eigenvalue weighted by atomic mass is 32.1. The maximum absolute atomic E-state index is 5.10. The lowest BCUT2D eigenvalue weighted by atomic mass is 9.91. The Bertz CT molecular complexity index is 1900. The van der Waals surface area contributed by atoms with Gasteiger partial charge < -0.3 is 9.97 Å². The maximum Gasteiger partial charge on any atom is 0.0723 e. The van der Waals surface area contributed by atoms with Crippen molar-refractivity contribution in [3.63, 3.8) is 0 Å². The van der Waals surface area contributed by atoms with Gasteiger partial charge in [0, 0.05) is 44.0 Å². The summed E-state index contributed by atoms with van der Waals surface area (Å²) in [6.45, 7) is 13.3. The van der Waals surface area contributed by atoms with Crippen molar-refractivity contribution in [3.05, 3.63) is 137 Å². The number of H-pyrrole nitrogens is 2. The van der Waals surface area contributed by atoms with Crippen LogP contribution in [0.25, 0.3) is 11.1 Å². The van der Waals surface area contributed by atoms with Crippen molar-refractivity contribution in [3.8, 4) is 0 Å². The quantitative estimate of drug-likeness (QED) is 0.204. The summed E-state index contributed by atoms with van der Waals surface area (Å²) in [4.78, 5) is 17.7. The van der Waals surface area contributed by atoms with Gasteiger partial charge in [0.2, 0.25) is 0 Å². The van der Waals surface area contributed by atoms with E-state index >= 15 is 0 Å². The third kappa shape index (κ3) is 5.70. The molecule has 1 saturated carbocycles. The zero-order valence-electron chi connectivity index (χ0n) is 27.2. The zero-order valence-corrected chi connectivity index (χ0v) is 28.0. The van der Waals surface area contributed by atoms with E-state index in [1.807, 2.05) is 23.8 Å². The Labute approximate surface area is 270 Å². The first kappa shape index (κ1) is 29.5. The molecule has 2 aromatic carbocycles. The van der Waals surface area contributed by atoms with Gasteiger partial charge in [0.05, 0.1) is 23.5 Å². The fraction of sp³-hybridized carbons (Fsp3) is 0.300. The molecule has 2 N–H and O–H groups in total. The fourth-order valence-electron chi connectivity index (χ4n) is 7.59. The number of nitrogens with zero attached hydrogens (tertiary/aromatic N) is 2. The second-order valence-electron chi connectivity index (χ2n) is 13.1. The van der Waals surface area contributed by atoms with Crippen LogP contribution >= 0.6 is 11.3 Å². The highest BCUT2D eigenvalue weighted by Gasteiger charge is 2.24. The molecule has 2 aliphatic rings. The molecule has 3 aromatic heterocycles. The van der Waals surface area contributed by atoms with Crippen molar-refractivity contribution in [2.45, 2.75) is 79.3 Å². The van der Waals surface area contributed by atoms with Gasteiger partial charge in [-0.25, -0.2) is 0 Å². The number of hydrogen-bond acceptors (Lipinski definition) is 3. The van der Waals surface area contributed by atoms with Gasteiger partial charge in [-0.2, -0.15) is 0 Å². The van der Waals surface area contributed by atoms with Crippen molar-refractivity contribution in [2.75, 3.05) is 0 Å². The minimum Gasteiger partial charge on any atom is -0.354 e. The van der Waals surface area contributed by atoms with Gasteiger partial charge in [-0.1, -0.05) is 48.2 Å². The number of aryl methyl sites for hydroxylation is 6. The summed E-state index contributed by atoms with van der Waals surface area (Å²) in [6.07, 6.45) is 8.62. The van der Waals surface area contributed by atoms with Crippen LogP contribution in [0.15, 0.2) is 70.6 Å². The van der Waals surface area contributed by atoms with E-state index in [1.165, 1.54) is 77.6 Å². The molecule has 45 heavy (non-hydrogen) atoms. The molecule has 0 radical (unpaired) electrons. The lowest BCUT2D eigenvalue weighted by molar-refractivity contribution is 0.390. The predicted molar refractivity (Wildman–Crippen MR) is 191 cm³/mol. The minimum absolute atomic E-state index is 0.191. The van der Waals surface area contributed by atoms with Crippen molar-refractivity contribution >= 4 is 34.9 Å². The van der Waals surface area contributed by atoms with Gasteiger partial charge in [-0.3, -0.25) is 9.98 Å². The first-order valence-corrected chi connectivity index (χ1v) is 17.0. The van der Waals surface area contributed by atoms with E-state index < -0.39 is 0 Å². The average molecular weight is 611 g/mol. The second kappa shape index (κ2) is 11.9. The SMILES string of the molecule is Cc1cc(C)c(C2=c3cc/c(s3)=C(/c3c(C)cc(C)cc3C)c3ccc([nH]3)C=N[C@H]3CCCC[C@@H]3N=Cc3ccc2[nH]3)c(C)c1. The van der Waals surface area contributed by atoms with Crippen molar-refractivity contribution in [2.24, 2.45) is 9.98 Å². The number of aromatic amines is 2. The number of benzene rings is 2. The molecule has 1 aliphatic carbocycles. The average Bonchev–Trinajstić information content (AvgIpc) is 3.76. The summed E-state index contributed by atoms with van der Waals surface area (Å²) >= 11 is 1.86. The number of aliphatic imine (C=N–C) groups is 2. The number of rotatable bonds is 2. The Hall–Kier alpha value is -4.22. The summed E-state index contributed by atoms with van der Waals surface area (Å²) in [7, 11) is 0. The zero-order chi connectivity index (χ0) is 31.2. The third-order valence-electron chi connectivity index (χ3n) is 9.41. The summed E-state index contributed by atoms with van der Waals surface area (Å²) in [5.41, 5.74) is 17.1. The Balaban J connectivity index is 1.57. The van der Waals surface area contributed by atoms with Gasteiger partial charge in [0.25, 0.3) is 0 Å². The molecule has 5 heteroatoms. The molecule has 5 aromatic rings. The molecule has 1 aliphatic heterocycles. The fourth-order valence-corrected chi connectivity index (χ4v) is 8.73. The van der Waals surface area contributed by atoms with Crippen LogP contribution in [-0.2, 0) is 0 Å². The molecule has 0 saturated heterocycles. The molecule has 4 nitrogen and oxygen atoms in total. The molecule has 7 rings (SSSR count). The van der Waals surface area contributed by atoms with Crippen LogP contribution in [0, 0.1) is 41.5 Å². The van der Waals surface area contributed by atoms with Gasteiger partial charge in [0.15, 0.2) is 0 Å². The van der Waals surface area contributed by atoms with Crippen molar-refractivity contribution in [1.29, 1.82) is 0 Å². The van der Waals surface area contributed by atoms with E-state index in [1.54, 1.807) is 0 Å². The standard InChI is InChI=1S/C40H42N4S/c1-23-17-25(3)37(26(4)18-23)39-33-13-11-29(43-33)21-41-31-9-7-8-10-32(31)42-22-30-12-14-34(44-30)40(36-16-15-35(39)45-36)38-27(5)19-24(2)20-28(38)6/h11-22,31-32,43-44H,7-10H2,1-6H3/b39-35-,40-36?,41-21?,42-22?/t31-,32-/m0/s1. The van der Waals surface area contributed by atoms with E-state index in [2.05, 4.69) is 112 Å². The smallest absolute Gasteiger partial charge is 0.0723 e. The number of fused-ring (bicyclic) bond motifs is 7. The summed E-state index contributed by atoms with van der Waals surface area (Å²) in [6, 6.07) is 23.0. The van der Waals surface area contributed by atoms with Crippen LogP contribution in [0.1, 0.15) is 93.0 Å². The van der Waals surface area contributed by atoms with Gasteiger partial charge in [-0.05, 0) is 124 Å². The molecule has 0 amide bonds. The molecule has 4 heterocycles. The topological polar surface area (TPSA) is 56.3 Å². The number of thiophene rings is 1. The highest BCUT2D eigenvalue weighted by Crippen LogP contribution is 2.31. The number of nitrogens with one attached hydrogen (secondary N) is 2. The predicted octanol–water partition coefficient (Wildman–Crippen LogP) is 7.91. The molecule has 0 unspecified atom stereocenters. The van der Waals surface area contributed by atoms with E-state index in [0.717, 1.165) is 35.6 Å². The lowest BCUT2D eigenvalue weighted by Crippen LogP contribution is -2.27. The van der Waals surface area contributed by atoms with Crippen LogP contribution < -0.4 is 9.06 Å². The van der Waals surface area contributed by atoms with Crippen molar-refractivity contribution < 1.29 is 0 Å². The van der Waals surface area contributed by atoms with Crippen LogP contribution in [0.3, 0.4) is 0 Å². The molecule has 2 atom stereocenters. The van der Waals surface area contributed by atoms with E-state index in [0.29, 0.717) is 0 Å². The van der Waals surface area contributed by atoms with E-state index in [9.17, 15) is 0 Å². The monoisotopic (exact) mass is 610 g/mol. The first-order chi connectivity index (χ1) is 21.7.